The topological polar surface area (TPSA) is 56.6 Å². The summed E-state index contributed by atoms with van der Waals surface area (Å²) in [5, 5.41) is 19.8. The van der Waals surface area contributed by atoms with E-state index in [-0.39, 0.29) is 36.6 Å². The van der Waals surface area contributed by atoms with Gasteiger partial charge in [0.05, 0.1) is 5.60 Å². The summed E-state index contributed by atoms with van der Waals surface area (Å²) in [6.45, 7) is 2.02. The minimum atomic E-state index is -4.76. The van der Waals surface area contributed by atoms with Crippen molar-refractivity contribution in [3.8, 4) is 5.75 Å². The van der Waals surface area contributed by atoms with Crippen molar-refractivity contribution >= 4 is 30.5 Å². The molecule has 0 amide bonds. The van der Waals surface area contributed by atoms with Gasteiger partial charge in [0.25, 0.3) is 0 Å². The molecule has 1 fully saturated rings. The van der Waals surface area contributed by atoms with E-state index in [9.17, 15) is 18.3 Å². The van der Waals surface area contributed by atoms with Crippen LogP contribution in [0.3, 0.4) is 0 Å². The number of halogens is 5. The minimum absolute atomic E-state index is 0. The van der Waals surface area contributed by atoms with Crippen LogP contribution in [-0.2, 0) is 0 Å². The maximum atomic E-state index is 12.6. The maximum absolute atomic E-state index is 12.6. The first-order valence-corrected chi connectivity index (χ1v) is 9.81. The third-order valence-corrected chi connectivity index (χ3v) is 5.74. The summed E-state index contributed by atoms with van der Waals surface area (Å²) in [5.41, 5.74) is 0.0729. The standard InChI is InChI=1S/C21H31F3N2O2.2ClH/c1-15(26(2)3)12-17(25)14-19(20(27)10-5-4-6-11-20)16-8-7-9-18(13-16)28-21(22,23)24;;/h7-9,13,15,19,25,27H,4-6,10-12,14H2,1-3H3;2*1H/t15-,19?;;/m0../s1. The Bertz CT molecular complexity index is 666. The molecular weight excluding hydrogens is 440 g/mol. The van der Waals surface area contributed by atoms with Crippen LogP contribution in [0.15, 0.2) is 24.3 Å². The van der Waals surface area contributed by atoms with Crippen LogP contribution in [0, 0.1) is 5.41 Å². The molecule has 174 valence electrons. The van der Waals surface area contributed by atoms with Gasteiger partial charge in [-0.15, -0.1) is 38.0 Å². The van der Waals surface area contributed by atoms with Crippen molar-refractivity contribution in [3.05, 3.63) is 29.8 Å². The molecule has 1 aliphatic rings. The molecule has 0 radical (unpaired) electrons. The van der Waals surface area contributed by atoms with Gasteiger partial charge in [0.15, 0.2) is 0 Å². The number of nitrogens with zero attached hydrogens (tertiary/aromatic N) is 1. The van der Waals surface area contributed by atoms with Crippen LogP contribution in [-0.4, -0.2) is 47.8 Å². The van der Waals surface area contributed by atoms with E-state index in [0.29, 0.717) is 37.0 Å². The van der Waals surface area contributed by atoms with Crippen LogP contribution < -0.4 is 4.74 Å². The van der Waals surface area contributed by atoms with E-state index < -0.39 is 17.9 Å². The largest absolute Gasteiger partial charge is 0.573 e. The summed E-state index contributed by atoms with van der Waals surface area (Å²) in [6.07, 6.45) is 0.116. The van der Waals surface area contributed by atoms with Gasteiger partial charge in [-0.1, -0.05) is 31.4 Å². The number of hydrogen-bond donors (Lipinski definition) is 2. The maximum Gasteiger partial charge on any atom is 0.573 e. The Hall–Kier alpha value is -1.02. The van der Waals surface area contributed by atoms with Crippen LogP contribution in [0.2, 0.25) is 0 Å². The van der Waals surface area contributed by atoms with E-state index in [1.165, 1.54) is 18.2 Å². The van der Waals surface area contributed by atoms with Crippen molar-refractivity contribution in [2.75, 3.05) is 14.1 Å². The lowest BCUT2D eigenvalue weighted by Crippen LogP contribution is -2.40. The monoisotopic (exact) mass is 472 g/mol. The SMILES string of the molecule is C[C@@H](CC(=N)CC(c1cccc(OC(F)(F)F)c1)C1(O)CCCCC1)N(C)C.Cl.Cl. The van der Waals surface area contributed by atoms with Crippen molar-refractivity contribution in [1.82, 2.24) is 4.90 Å². The molecule has 1 aromatic carbocycles. The first kappa shape index (κ1) is 29.0. The predicted molar refractivity (Wildman–Crippen MR) is 119 cm³/mol. The van der Waals surface area contributed by atoms with E-state index in [4.69, 9.17) is 5.41 Å². The first-order chi connectivity index (χ1) is 13.0. The number of alkyl halides is 3. The van der Waals surface area contributed by atoms with E-state index in [1.54, 1.807) is 6.07 Å². The second kappa shape index (κ2) is 12.1. The van der Waals surface area contributed by atoms with Gasteiger partial charge in [-0.05, 0) is 58.0 Å². The van der Waals surface area contributed by atoms with E-state index in [1.807, 2.05) is 25.9 Å². The zero-order valence-electron chi connectivity index (χ0n) is 17.7. The lowest BCUT2D eigenvalue weighted by molar-refractivity contribution is -0.274. The Morgan fingerprint density at radius 1 is 1.17 bits per heavy atom. The summed E-state index contributed by atoms with van der Waals surface area (Å²) in [4.78, 5) is 2.02. The van der Waals surface area contributed by atoms with Crippen LogP contribution in [0.5, 0.6) is 5.75 Å². The van der Waals surface area contributed by atoms with Crippen LogP contribution >= 0.6 is 24.8 Å². The van der Waals surface area contributed by atoms with E-state index in [0.717, 1.165) is 19.3 Å². The Morgan fingerprint density at radius 3 is 2.30 bits per heavy atom. The predicted octanol–water partition coefficient (Wildman–Crippen LogP) is 5.96. The molecule has 1 aliphatic carbocycles. The van der Waals surface area contributed by atoms with Gasteiger partial charge in [0.1, 0.15) is 5.75 Å². The van der Waals surface area contributed by atoms with Crippen LogP contribution in [0.4, 0.5) is 13.2 Å². The summed E-state index contributed by atoms with van der Waals surface area (Å²) in [6, 6.07) is 6.03. The number of hydrogen-bond acceptors (Lipinski definition) is 4. The lowest BCUT2D eigenvalue weighted by atomic mass is 9.70. The highest BCUT2D eigenvalue weighted by Crippen LogP contribution is 2.43. The van der Waals surface area contributed by atoms with Gasteiger partial charge in [0.2, 0.25) is 0 Å². The number of aliphatic hydroxyl groups is 1. The van der Waals surface area contributed by atoms with Gasteiger partial charge in [0, 0.05) is 24.1 Å². The fourth-order valence-electron chi connectivity index (χ4n) is 3.93. The highest BCUT2D eigenvalue weighted by Gasteiger charge is 2.40. The fourth-order valence-corrected chi connectivity index (χ4v) is 3.93. The molecular formula is C21H33Cl2F3N2O2. The number of benzene rings is 1. The average Bonchev–Trinajstić information content (AvgIpc) is 2.58. The molecule has 0 spiro atoms. The Balaban J connectivity index is 0.00000420. The summed E-state index contributed by atoms with van der Waals surface area (Å²) in [5.74, 6) is -0.714. The second-order valence-corrected chi connectivity index (χ2v) is 8.16. The van der Waals surface area contributed by atoms with Crippen LogP contribution in [0.1, 0.15) is 63.4 Å². The fraction of sp³-hybridized carbons (Fsp3) is 0.667. The molecule has 0 heterocycles. The van der Waals surface area contributed by atoms with Crippen molar-refractivity contribution in [2.45, 2.75) is 75.8 Å². The first-order valence-electron chi connectivity index (χ1n) is 9.81. The van der Waals surface area contributed by atoms with Crippen molar-refractivity contribution in [3.63, 3.8) is 0 Å². The molecule has 1 aromatic rings. The highest BCUT2D eigenvalue weighted by atomic mass is 35.5. The number of ether oxygens (including phenoxy) is 1. The van der Waals surface area contributed by atoms with Gasteiger partial charge < -0.3 is 20.2 Å². The molecule has 0 aliphatic heterocycles. The average molecular weight is 473 g/mol. The lowest BCUT2D eigenvalue weighted by Gasteiger charge is -2.40. The molecule has 30 heavy (non-hydrogen) atoms. The zero-order valence-corrected chi connectivity index (χ0v) is 19.3. The summed E-state index contributed by atoms with van der Waals surface area (Å²) >= 11 is 0. The molecule has 0 bridgehead atoms. The molecule has 0 aromatic heterocycles. The summed E-state index contributed by atoms with van der Waals surface area (Å²) < 4.78 is 41.9. The van der Waals surface area contributed by atoms with Gasteiger partial charge in [-0.3, -0.25) is 0 Å². The molecule has 2 atom stereocenters. The molecule has 1 saturated carbocycles. The van der Waals surface area contributed by atoms with Crippen molar-refractivity contribution in [1.29, 1.82) is 5.41 Å². The minimum Gasteiger partial charge on any atom is -0.406 e. The smallest absolute Gasteiger partial charge is 0.406 e. The molecule has 2 N–H and O–H groups in total. The van der Waals surface area contributed by atoms with Crippen LogP contribution in [0.25, 0.3) is 0 Å². The Morgan fingerprint density at radius 2 is 1.77 bits per heavy atom. The molecule has 1 unspecified atom stereocenters. The van der Waals surface area contributed by atoms with Crippen molar-refractivity contribution in [2.24, 2.45) is 0 Å². The Labute approximate surface area is 189 Å². The normalized spacial score (nSPS) is 18.0. The van der Waals surface area contributed by atoms with Gasteiger partial charge in [-0.2, -0.15) is 0 Å². The molecule has 0 saturated heterocycles. The zero-order chi connectivity index (χ0) is 20.9. The van der Waals surface area contributed by atoms with Gasteiger partial charge in [-0.25, -0.2) is 0 Å². The number of rotatable bonds is 8. The second-order valence-electron chi connectivity index (χ2n) is 8.16. The van der Waals surface area contributed by atoms with Crippen molar-refractivity contribution < 1.29 is 23.0 Å². The molecule has 2 rings (SSSR count). The molecule has 4 nitrogen and oxygen atoms in total. The summed E-state index contributed by atoms with van der Waals surface area (Å²) in [7, 11) is 3.89. The number of nitrogens with one attached hydrogen (secondary N) is 1. The van der Waals surface area contributed by atoms with E-state index in [2.05, 4.69) is 4.74 Å². The molecule has 9 heteroatoms. The van der Waals surface area contributed by atoms with E-state index >= 15 is 0 Å². The highest BCUT2D eigenvalue weighted by molar-refractivity contribution is 5.85. The third kappa shape index (κ3) is 8.61. The quantitative estimate of drug-likeness (QED) is 0.459. The van der Waals surface area contributed by atoms with Gasteiger partial charge >= 0.3 is 6.36 Å². The third-order valence-electron chi connectivity index (χ3n) is 5.74. The Kier molecular flexibility index (Phi) is 11.7.